The Labute approximate surface area is 295 Å². The average Bonchev–Trinajstić information content (AvgIpc) is 3.11. The van der Waals surface area contributed by atoms with Crippen molar-refractivity contribution in [3.8, 4) is 0 Å². The zero-order valence-corrected chi connectivity index (χ0v) is 31.4. The van der Waals surface area contributed by atoms with E-state index in [1.54, 1.807) is 7.11 Å². The van der Waals surface area contributed by atoms with Crippen LogP contribution >= 0.6 is 0 Å². The van der Waals surface area contributed by atoms with Crippen LogP contribution in [0.2, 0.25) is 5.04 Å². The van der Waals surface area contributed by atoms with E-state index in [2.05, 4.69) is 81.4 Å². The second-order valence-electron chi connectivity index (χ2n) is 12.0. The predicted octanol–water partition coefficient (Wildman–Crippen LogP) is 3.36. The summed E-state index contributed by atoms with van der Waals surface area (Å²) in [6, 6.07) is 21.3. The summed E-state index contributed by atoms with van der Waals surface area (Å²) in [6.07, 6.45) is 0. The fourth-order valence-electron chi connectivity index (χ4n) is 5.02. The third-order valence-corrected chi connectivity index (χ3v) is 12.4. The van der Waals surface area contributed by atoms with E-state index in [1.165, 1.54) is 10.4 Å². The van der Waals surface area contributed by atoms with Crippen LogP contribution in [0.4, 0.5) is 0 Å². The van der Waals surface area contributed by atoms with E-state index in [0.29, 0.717) is 132 Å². The molecule has 0 aromatic heterocycles. The largest absolute Gasteiger partial charge is 0.405 e. The van der Waals surface area contributed by atoms with Crippen molar-refractivity contribution in [1.82, 2.24) is 0 Å². The molecule has 0 bridgehead atoms. The number of hydrogen-bond donors (Lipinski definition) is 0. The Kier molecular flexibility index (Phi) is 25.6. The summed E-state index contributed by atoms with van der Waals surface area (Å²) in [5.74, 6) is 0. The quantitative estimate of drug-likeness (QED) is 0.0806. The van der Waals surface area contributed by atoms with Crippen LogP contribution in [-0.2, 0) is 51.8 Å². The summed E-state index contributed by atoms with van der Waals surface area (Å²) >= 11 is 0. The van der Waals surface area contributed by atoms with Gasteiger partial charge in [0, 0.05) is 7.11 Å². The summed E-state index contributed by atoms with van der Waals surface area (Å²) in [6.45, 7) is 17.4. The molecule has 280 valence electrons. The minimum Gasteiger partial charge on any atom is -0.405 e. The van der Waals surface area contributed by atoms with Gasteiger partial charge in [0.15, 0.2) is 0 Å². The van der Waals surface area contributed by atoms with Crippen LogP contribution in [0.5, 0.6) is 0 Å². The first kappa shape index (κ1) is 43.4. The van der Waals surface area contributed by atoms with Crippen molar-refractivity contribution in [2.75, 3.05) is 139 Å². The highest BCUT2D eigenvalue weighted by atomic mass is 28.4. The lowest BCUT2D eigenvalue weighted by atomic mass is 10.2. The molecule has 0 saturated carbocycles. The molecule has 2 aromatic rings. The summed E-state index contributed by atoms with van der Waals surface area (Å²) < 4.78 is 61.5. The third-order valence-electron chi connectivity index (χ3n) is 7.37. The summed E-state index contributed by atoms with van der Waals surface area (Å²) in [5, 5.41) is 2.48. The molecular formula is C37H62O11Si. The summed E-state index contributed by atoms with van der Waals surface area (Å²) in [7, 11) is -0.885. The molecule has 0 unspecified atom stereocenters. The van der Waals surface area contributed by atoms with Gasteiger partial charge in [0.05, 0.1) is 132 Å². The molecule has 2 rings (SSSR count). The van der Waals surface area contributed by atoms with Gasteiger partial charge in [0.1, 0.15) is 0 Å². The molecule has 11 nitrogen and oxygen atoms in total. The van der Waals surface area contributed by atoms with E-state index in [-0.39, 0.29) is 5.04 Å². The van der Waals surface area contributed by atoms with Gasteiger partial charge in [0.2, 0.25) is 0 Å². The molecule has 0 fully saturated rings. The monoisotopic (exact) mass is 710 g/mol. The minimum absolute atomic E-state index is 0.0535. The number of ether oxygens (including phenoxy) is 10. The molecule has 2 aromatic carbocycles. The molecule has 0 aliphatic heterocycles. The lowest BCUT2D eigenvalue weighted by Gasteiger charge is -2.43. The molecule has 0 saturated heterocycles. The van der Waals surface area contributed by atoms with Gasteiger partial charge >= 0.3 is 0 Å². The number of methoxy groups -OCH3 is 1. The molecule has 0 atom stereocenters. The van der Waals surface area contributed by atoms with E-state index < -0.39 is 8.32 Å². The Morgan fingerprint density at radius 1 is 0.367 bits per heavy atom. The topological polar surface area (TPSA) is 102 Å². The first-order valence-electron chi connectivity index (χ1n) is 17.5. The van der Waals surface area contributed by atoms with Gasteiger partial charge in [-0.25, -0.2) is 0 Å². The van der Waals surface area contributed by atoms with Crippen molar-refractivity contribution >= 4 is 18.7 Å². The Balaban J connectivity index is 1.36. The summed E-state index contributed by atoms with van der Waals surface area (Å²) in [4.78, 5) is 0. The van der Waals surface area contributed by atoms with Crippen LogP contribution < -0.4 is 10.4 Å². The second kappa shape index (κ2) is 28.9. The van der Waals surface area contributed by atoms with Crippen molar-refractivity contribution < 1.29 is 51.8 Å². The smallest absolute Gasteiger partial charge is 0.261 e. The molecule has 12 heteroatoms. The highest BCUT2D eigenvalue weighted by molar-refractivity contribution is 6.99. The zero-order valence-electron chi connectivity index (χ0n) is 30.4. The number of hydrogen-bond acceptors (Lipinski definition) is 11. The first-order valence-corrected chi connectivity index (χ1v) is 19.4. The van der Waals surface area contributed by atoms with Crippen LogP contribution in [-0.4, -0.2) is 148 Å². The molecule has 0 aliphatic rings. The van der Waals surface area contributed by atoms with Gasteiger partial charge in [-0.15, -0.1) is 0 Å². The Morgan fingerprint density at radius 3 is 0.857 bits per heavy atom. The lowest BCUT2D eigenvalue weighted by molar-refractivity contribution is -0.0262. The van der Waals surface area contributed by atoms with Crippen molar-refractivity contribution in [1.29, 1.82) is 0 Å². The maximum absolute atomic E-state index is 6.84. The van der Waals surface area contributed by atoms with Crippen LogP contribution in [0.3, 0.4) is 0 Å². The van der Waals surface area contributed by atoms with Gasteiger partial charge in [-0.1, -0.05) is 81.4 Å². The first-order chi connectivity index (χ1) is 24.0. The van der Waals surface area contributed by atoms with Gasteiger partial charge in [0.25, 0.3) is 8.32 Å². The highest BCUT2D eigenvalue weighted by Crippen LogP contribution is 2.36. The Bertz CT molecular complexity index is 955. The number of benzene rings is 2. The van der Waals surface area contributed by atoms with E-state index in [4.69, 9.17) is 51.8 Å². The van der Waals surface area contributed by atoms with E-state index in [0.717, 1.165) is 0 Å². The molecule has 0 radical (unpaired) electrons. The van der Waals surface area contributed by atoms with Crippen molar-refractivity contribution in [3.63, 3.8) is 0 Å². The van der Waals surface area contributed by atoms with E-state index in [9.17, 15) is 0 Å². The summed E-state index contributed by atoms with van der Waals surface area (Å²) in [5.41, 5.74) is 0. The molecular weight excluding hydrogens is 648 g/mol. The van der Waals surface area contributed by atoms with Gasteiger partial charge in [-0.05, 0) is 15.4 Å². The molecule has 0 aliphatic carbocycles. The van der Waals surface area contributed by atoms with Gasteiger partial charge in [-0.3, -0.25) is 0 Å². The lowest BCUT2D eigenvalue weighted by Crippen LogP contribution is -2.66. The van der Waals surface area contributed by atoms with Gasteiger partial charge < -0.3 is 51.8 Å². The minimum atomic E-state index is -2.53. The standard InChI is InChI=1S/C37H62O11Si/c1-37(2,3)49(35-11-7-5-8-12-35,36-13-9-6-10-14-36)48-34-33-47-32-31-46-30-29-45-28-27-44-26-25-43-24-23-42-22-21-41-20-19-40-18-17-39-16-15-38-4/h5-14H,15-34H2,1-4H3. The Hall–Kier alpha value is -1.78. The fourth-order valence-corrected chi connectivity index (χ4v) is 9.56. The molecule has 0 spiro atoms. The second-order valence-corrected chi connectivity index (χ2v) is 16.3. The highest BCUT2D eigenvalue weighted by Gasteiger charge is 2.50. The predicted molar refractivity (Wildman–Crippen MR) is 193 cm³/mol. The van der Waals surface area contributed by atoms with Crippen molar-refractivity contribution in [2.45, 2.75) is 25.8 Å². The zero-order chi connectivity index (χ0) is 35.1. The third kappa shape index (κ3) is 19.4. The maximum atomic E-state index is 6.84. The molecule has 0 heterocycles. The fraction of sp³-hybridized carbons (Fsp3) is 0.676. The van der Waals surface area contributed by atoms with Crippen molar-refractivity contribution in [2.24, 2.45) is 0 Å². The van der Waals surface area contributed by atoms with Crippen LogP contribution in [0.1, 0.15) is 20.8 Å². The van der Waals surface area contributed by atoms with E-state index >= 15 is 0 Å². The van der Waals surface area contributed by atoms with Crippen LogP contribution in [0, 0.1) is 0 Å². The SMILES string of the molecule is COCCOCCOCCOCCOCCOCCOCCOCCOCCOCCO[Si](c1ccccc1)(c1ccccc1)C(C)(C)C. The van der Waals surface area contributed by atoms with Crippen molar-refractivity contribution in [3.05, 3.63) is 60.7 Å². The van der Waals surface area contributed by atoms with Crippen LogP contribution in [0.15, 0.2) is 60.7 Å². The molecule has 0 amide bonds. The average molecular weight is 711 g/mol. The number of rotatable bonds is 33. The Morgan fingerprint density at radius 2 is 0.612 bits per heavy atom. The molecule has 49 heavy (non-hydrogen) atoms. The van der Waals surface area contributed by atoms with Crippen LogP contribution in [0.25, 0.3) is 0 Å². The normalized spacial score (nSPS) is 12.2. The van der Waals surface area contributed by atoms with Gasteiger partial charge in [-0.2, -0.15) is 0 Å². The molecule has 0 N–H and O–H groups in total. The maximum Gasteiger partial charge on any atom is 0.261 e. The van der Waals surface area contributed by atoms with E-state index in [1.807, 2.05) is 0 Å².